The van der Waals surface area contributed by atoms with Crippen LogP contribution in [0.2, 0.25) is 0 Å². The van der Waals surface area contributed by atoms with Crippen molar-refractivity contribution in [3.63, 3.8) is 0 Å². The van der Waals surface area contributed by atoms with E-state index in [4.69, 9.17) is 4.74 Å². The maximum Gasteiger partial charge on any atom is 0.160 e. The van der Waals surface area contributed by atoms with E-state index < -0.39 is 0 Å². The number of ether oxygens (including phenoxy) is 1. The van der Waals surface area contributed by atoms with Crippen LogP contribution in [-0.4, -0.2) is 18.3 Å². The number of hydrogen-bond donors (Lipinski definition) is 2. The first-order valence-corrected chi connectivity index (χ1v) is 7.54. The minimum atomic E-state index is 0.179. The van der Waals surface area contributed by atoms with Crippen molar-refractivity contribution in [3.8, 4) is 11.5 Å². The third kappa shape index (κ3) is 3.99. The molecule has 3 nitrogen and oxygen atoms in total. The number of aryl methyl sites for hydroxylation is 1. The van der Waals surface area contributed by atoms with E-state index in [-0.39, 0.29) is 5.75 Å². The summed E-state index contributed by atoms with van der Waals surface area (Å²) in [6, 6.07) is 10.2. The third-order valence-electron chi connectivity index (χ3n) is 3.20. The van der Waals surface area contributed by atoms with E-state index in [0.717, 1.165) is 18.5 Å². The molecule has 2 rings (SSSR count). The topological polar surface area (TPSA) is 41.5 Å². The van der Waals surface area contributed by atoms with Gasteiger partial charge in [-0.15, -0.1) is 11.3 Å². The Bertz CT molecular complexity index is 565. The molecule has 108 valence electrons. The smallest absolute Gasteiger partial charge is 0.160 e. The molecule has 2 aromatic rings. The highest BCUT2D eigenvalue weighted by Crippen LogP contribution is 2.26. The van der Waals surface area contributed by atoms with Crippen molar-refractivity contribution in [2.75, 3.05) is 7.11 Å². The summed E-state index contributed by atoms with van der Waals surface area (Å²) in [5.74, 6) is 0.698. The second kappa shape index (κ2) is 6.77. The quantitative estimate of drug-likeness (QED) is 0.856. The number of rotatable bonds is 6. The first-order chi connectivity index (χ1) is 9.58. The van der Waals surface area contributed by atoms with Gasteiger partial charge in [0.05, 0.1) is 7.11 Å². The van der Waals surface area contributed by atoms with Gasteiger partial charge in [0.25, 0.3) is 0 Å². The molecule has 0 spiro atoms. The fourth-order valence-electron chi connectivity index (χ4n) is 2.09. The van der Waals surface area contributed by atoms with Crippen molar-refractivity contribution >= 4 is 11.3 Å². The van der Waals surface area contributed by atoms with Crippen LogP contribution in [0.3, 0.4) is 0 Å². The Labute approximate surface area is 124 Å². The number of phenolic OH excluding ortho intramolecular Hbond substituents is 1. The number of phenols is 1. The summed E-state index contributed by atoms with van der Waals surface area (Å²) in [6.45, 7) is 5.09. The molecule has 0 saturated heterocycles. The molecule has 4 heteroatoms. The first kappa shape index (κ1) is 14.9. The van der Waals surface area contributed by atoms with Crippen LogP contribution < -0.4 is 10.1 Å². The summed E-state index contributed by atoms with van der Waals surface area (Å²) >= 11 is 1.85. The van der Waals surface area contributed by atoms with Gasteiger partial charge in [-0.2, -0.15) is 0 Å². The minimum absolute atomic E-state index is 0.179. The lowest BCUT2D eigenvalue weighted by Crippen LogP contribution is -2.27. The molecule has 1 unspecified atom stereocenters. The number of aromatic hydroxyl groups is 1. The summed E-state index contributed by atoms with van der Waals surface area (Å²) in [5, 5.41) is 13.1. The molecule has 0 saturated carbocycles. The molecule has 1 aromatic heterocycles. The second-order valence-electron chi connectivity index (χ2n) is 5.00. The molecule has 1 atom stereocenters. The SMILES string of the molecule is COc1cc(CNC(C)Cc2ccc(C)s2)ccc1O. The molecule has 0 amide bonds. The highest BCUT2D eigenvalue weighted by molar-refractivity contribution is 7.11. The van der Waals surface area contributed by atoms with Gasteiger partial charge < -0.3 is 15.2 Å². The molecular weight excluding hydrogens is 270 g/mol. The molecule has 0 aliphatic heterocycles. The Morgan fingerprint density at radius 2 is 2.10 bits per heavy atom. The molecular formula is C16H21NO2S. The molecule has 0 bridgehead atoms. The van der Waals surface area contributed by atoms with E-state index in [1.807, 2.05) is 23.5 Å². The van der Waals surface area contributed by atoms with Gasteiger partial charge in [-0.05, 0) is 50.1 Å². The van der Waals surface area contributed by atoms with Crippen molar-refractivity contribution in [1.82, 2.24) is 5.32 Å². The van der Waals surface area contributed by atoms with Gasteiger partial charge in [-0.1, -0.05) is 6.07 Å². The molecule has 1 heterocycles. The molecule has 20 heavy (non-hydrogen) atoms. The van der Waals surface area contributed by atoms with Crippen LogP contribution >= 0.6 is 11.3 Å². The number of nitrogens with one attached hydrogen (secondary N) is 1. The number of benzene rings is 1. The molecule has 2 N–H and O–H groups in total. The largest absolute Gasteiger partial charge is 0.504 e. The van der Waals surface area contributed by atoms with Gasteiger partial charge >= 0.3 is 0 Å². The van der Waals surface area contributed by atoms with Crippen LogP contribution in [0, 0.1) is 6.92 Å². The zero-order valence-corrected chi connectivity index (χ0v) is 13.0. The number of methoxy groups -OCH3 is 1. The lowest BCUT2D eigenvalue weighted by Gasteiger charge is -2.13. The van der Waals surface area contributed by atoms with Crippen LogP contribution in [0.25, 0.3) is 0 Å². The lowest BCUT2D eigenvalue weighted by molar-refractivity contribution is 0.372. The first-order valence-electron chi connectivity index (χ1n) is 6.73. The van der Waals surface area contributed by atoms with E-state index in [2.05, 4.69) is 31.3 Å². The fourth-order valence-corrected chi connectivity index (χ4v) is 3.11. The predicted octanol–water partition coefficient (Wildman–Crippen LogP) is 3.49. The molecule has 0 fully saturated rings. The lowest BCUT2D eigenvalue weighted by atomic mass is 10.1. The summed E-state index contributed by atoms with van der Waals surface area (Å²) in [4.78, 5) is 2.77. The van der Waals surface area contributed by atoms with Crippen molar-refractivity contribution in [2.45, 2.75) is 32.9 Å². The molecule has 0 radical (unpaired) electrons. The van der Waals surface area contributed by atoms with Crippen LogP contribution in [0.5, 0.6) is 11.5 Å². The van der Waals surface area contributed by atoms with Crippen LogP contribution in [0.15, 0.2) is 30.3 Å². The summed E-state index contributed by atoms with van der Waals surface area (Å²) in [7, 11) is 1.56. The number of thiophene rings is 1. The van der Waals surface area contributed by atoms with E-state index in [0.29, 0.717) is 11.8 Å². The van der Waals surface area contributed by atoms with Crippen molar-refractivity contribution in [2.24, 2.45) is 0 Å². The van der Waals surface area contributed by atoms with Crippen molar-refractivity contribution in [1.29, 1.82) is 0 Å². The standard InChI is InChI=1S/C16H21NO2S/c1-11(8-14-6-4-12(2)20-14)17-10-13-5-7-15(18)16(9-13)19-3/h4-7,9,11,17-18H,8,10H2,1-3H3. The normalized spacial score (nSPS) is 12.3. The van der Waals surface area contributed by atoms with Gasteiger partial charge in [0, 0.05) is 22.3 Å². The summed E-state index contributed by atoms with van der Waals surface area (Å²) in [6.07, 6.45) is 1.04. The Balaban J connectivity index is 1.88. The fraction of sp³-hybridized carbons (Fsp3) is 0.375. The van der Waals surface area contributed by atoms with Crippen molar-refractivity contribution in [3.05, 3.63) is 45.6 Å². The zero-order chi connectivity index (χ0) is 14.5. The highest BCUT2D eigenvalue weighted by atomic mass is 32.1. The average molecular weight is 291 g/mol. The monoisotopic (exact) mass is 291 g/mol. The Morgan fingerprint density at radius 3 is 2.75 bits per heavy atom. The Kier molecular flexibility index (Phi) is 5.04. The van der Waals surface area contributed by atoms with Crippen LogP contribution in [-0.2, 0) is 13.0 Å². The second-order valence-corrected chi connectivity index (χ2v) is 6.38. The maximum absolute atomic E-state index is 9.57. The maximum atomic E-state index is 9.57. The predicted molar refractivity (Wildman–Crippen MR) is 83.7 cm³/mol. The van der Waals surface area contributed by atoms with Crippen LogP contribution in [0.1, 0.15) is 22.2 Å². The van der Waals surface area contributed by atoms with Gasteiger partial charge in [0.1, 0.15) is 0 Å². The average Bonchev–Trinajstić information content (AvgIpc) is 2.83. The van der Waals surface area contributed by atoms with Gasteiger partial charge in [-0.25, -0.2) is 0 Å². The Morgan fingerprint density at radius 1 is 1.30 bits per heavy atom. The molecule has 1 aromatic carbocycles. The summed E-state index contributed by atoms with van der Waals surface area (Å²) in [5.41, 5.74) is 1.11. The van der Waals surface area contributed by atoms with E-state index in [1.165, 1.54) is 9.75 Å². The third-order valence-corrected chi connectivity index (χ3v) is 4.23. The summed E-state index contributed by atoms with van der Waals surface area (Å²) < 4.78 is 5.11. The van der Waals surface area contributed by atoms with Crippen LogP contribution in [0.4, 0.5) is 0 Å². The zero-order valence-electron chi connectivity index (χ0n) is 12.1. The van der Waals surface area contributed by atoms with Crippen molar-refractivity contribution < 1.29 is 9.84 Å². The molecule has 0 aliphatic rings. The van der Waals surface area contributed by atoms with Gasteiger partial charge in [0.2, 0.25) is 0 Å². The number of hydrogen-bond acceptors (Lipinski definition) is 4. The van der Waals surface area contributed by atoms with E-state index in [9.17, 15) is 5.11 Å². The highest BCUT2D eigenvalue weighted by Gasteiger charge is 2.07. The van der Waals surface area contributed by atoms with Gasteiger partial charge in [0.15, 0.2) is 11.5 Å². The van der Waals surface area contributed by atoms with E-state index in [1.54, 1.807) is 13.2 Å². The van der Waals surface area contributed by atoms with E-state index >= 15 is 0 Å². The van der Waals surface area contributed by atoms with Gasteiger partial charge in [-0.3, -0.25) is 0 Å². The Hall–Kier alpha value is -1.52. The minimum Gasteiger partial charge on any atom is -0.504 e. The molecule has 0 aliphatic carbocycles.